The molecule has 1 fully saturated rings. The number of aryl methyl sites for hydroxylation is 2. The van der Waals surface area contributed by atoms with Gasteiger partial charge in [0.15, 0.2) is 5.17 Å². The Morgan fingerprint density at radius 3 is 2.46 bits per heavy atom. The Morgan fingerprint density at radius 1 is 1.00 bits per heavy atom. The van der Waals surface area contributed by atoms with Gasteiger partial charge in [0.05, 0.1) is 23.4 Å². The number of thioether (sulfide) groups is 1. The van der Waals surface area contributed by atoms with Gasteiger partial charge in [-0.25, -0.2) is 4.99 Å². The first-order valence-corrected chi connectivity index (χ1v) is 12.5. The lowest BCUT2D eigenvalue weighted by Gasteiger charge is -2.13. The molecule has 0 bridgehead atoms. The number of rotatable bonds is 6. The Hall–Kier alpha value is -3.77. The van der Waals surface area contributed by atoms with Gasteiger partial charge in [-0.1, -0.05) is 37.3 Å². The van der Waals surface area contributed by atoms with E-state index in [2.05, 4.69) is 55.7 Å². The van der Waals surface area contributed by atoms with Crippen molar-refractivity contribution in [1.82, 2.24) is 9.47 Å². The molecule has 0 radical (unpaired) electrons. The monoisotopic (exact) mass is 481 g/mol. The Bertz CT molecular complexity index is 1400. The summed E-state index contributed by atoms with van der Waals surface area (Å²) in [5, 5.41) is 0.646. The summed E-state index contributed by atoms with van der Waals surface area (Å²) < 4.78 is 7.75. The molecule has 2 aromatic carbocycles. The molecule has 5 rings (SSSR count). The fraction of sp³-hybridized carbons (Fsp3) is 0.172. The highest BCUT2D eigenvalue weighted by Gasteiger charge is 2.34. The minimum atomic E-state index is -0.0711. The van der Waals surface area contributed by atoms with E-state index in [1.165, 1.54) is 17.3 Å². The van der Waals surface area contributed by atoms with Crippen molar-refractivity contribution in [3.05, 3.63) is 112 Å². The van der Waals surface area contributed by atoms with Crippen LogP contribution in [0.4, 0.5) is 5.69 Å². The molecule has 176 valence electrons. The first-order valence-electron chi connectivity index (χ1n) is 11.7. The number of hydrogen-bond acceptors (Lipinski definition) is 4. The molecule has 2 aromatic heterocycles. The molecule has 1 saturated heterocycles. The zero-order chi connectivity index (χ0) is 24.4. The number of carbonyl (C=O) groups is 1. The van der Waals surface area contributed by atoms with Crippen molar-refractivity contribution in [2.45, 2.75) is 33.7 Å². The second-order valence-electron chi connectivity index (χ2n) is 8.49. The zero-order valence-electron chi connectivity index (χ0n) is 20.1. The van der Waals surface area contributed by atoms with Gasteiger partial charge < -0.3 is 8.98 Å². The lowest BCUT2D eigenvalue weighted by molar-refractivity contribution is -0.122. The zero-order valence-corrected chi connectivity index (χ0v) is 20.9. The van der Waals surface area contributed by atoms with Crippen LogP contribution in [0, 0.1) is 13.8 Å². The summed E-state index contributed by atoms with van der Waals surface area (Å²) in [6, 6.07) is 24.2. The fourth-order valence-corrected chi connectivity index (χ4v) is 5.24. The number of furan rings is 1. The second kappa shape index (κ2) is 9.84. The summed E-state index contributed by atoms with van der Waals surface area (Å²) in [6.07, 6.45) is 4.62. The van der Waals surface area contributed by atoms with Gasteiger partial charge in [0.25, 0.3) is 5.91 Å². The van der Waals surface area contributed by atoms with E-state index in [1.54, 1.807) is 11.2 Å². The van der Waals surface area contributed by atoms with Crippen LogP contribution in [0.15, 0.2) is 93.4 Å². The van der Waals surface area contributed by atoms with E-state index in [1.807, 2.05) is 48.5 Å². The predicted octanol–water partition coefficient (Wildman–Crippen LogP) is 7.05. The molecular formula is C29H27N3O2S. The Kier molecular flexibility index (Phi) is 6.47. The molecule has 1 aliphatic heterocycles. The van der Waals surface area contributed by atoms with Gasteiger partial charge in [-0.3, -0.25) is 9.69 Å². The molecule has 0 saturated carbocycles. The molecule has 0 atom stereocenters. The summed E-state index contributed by atoms with van der Waals surface area (Å²) in [5.74, 6) is 0.646. The molecule has 6 heteroatoms. The van der Waals surface area contributed by atoms with E-state index in [4.69, 9.17) is 9.41 Å². The van der Waals surface area contributed by atoms with Gasteiger partial charge >= 0.3 is 0 Å². The largest absolute Gasteiger partial charge is 0.467 e. The molecule has 0 unspecified atom stereocenters. The number of amidine groups is 1. The topological polar surface area (TPSA) is 50.7 Å². The van der Waals surface area contributed by atoms with Gasteiger partial charge in [-0.05, 0) is 91.7 Å². The van der Waals surface area contributed by atoms with Crippen LogP contribution in [-0.4, -0.2) is 20.5 Å². The second-order valence-corrected chi connectivity index (χ2v) is 9.50. The van der Waals surface area contributed by atoms with Crippen molar-refractivity contribution in [1.29, 1.82) is 0 Å². The molecule has 4 aromatic rings. The van der Waals surface area contributed by atoms with Gasteiger partial charge in [0.2, 0.25) is 0 Å². The van der Waals surface area contributed by atoms with E-state index in [0.717, 1.165) is 40.5 Å². The smallest absolute Gasteiger partial charge is 0.267 e. The SMILES string of the molecule is CCc1ccc(-n2c(C)cc(/C=C3\SC(=Nc4ccccc4)N(Cc4ccco4)C3=O)c2C)cc1. The molecule has 1 aliphatic rings. The molecule has 5 nitrogen and oxygen atoms in total. The van der Waals surface area contributed by atoms with Gasteiger partial charge in [-0.15, -0.1) is 0 Å². The van der Waals surface area contributed by atoms with E-state index in [-0.39, 0.29) is 5.91 Å². The molecule has 3 heterocycles. The van der Waals surface area contributed by atoms with Crippen LogP contribution in [0.1, 0.15) is 35.2 Å². The summed E-state index contributed by atoms with van der Waals surface area (Å²) in [4.78, 5) is 20.6. The quantitative estimate of drug-likeness (QED) is 0.277. The third kappa shape index (κ3) is 4.75. The minimum Gasteiger partial charge on any atom is -0.467 e. The standard InChI is InChI=1S/C29H27N3O2S/c1-4-22-12-14-25(15-13-22)32-20(2)17-23(21(32)3)18-27-28(33)31(19-26-11-8-16-34-26)29(35-27)30-24-9-6-5-7-10-24/h5-18H,4,19H2,1-3H3/b27-18-,30-29?. The van der Waals surface area contributed by atoms with E-state index < -0.39 is 0 Å². The van der Waals surface area contributed by atoms with Crippen molar-refractivity contribution >= 4 is 34.6 Å². The Labute approximate surface area is 209 Å². The van der Waals surface area contributed by atoms with Crippen LogP contribution in [0.2, 0.25) is 0 Å². The summed E-state index contributed by atoms with van der Waals surface area (Å²) in [7, 11) is 0. The number of aromatic nitrogens is 1. The van der Waals surface area contributed by atoms with Crippen molar-refractivity contribution in [3.63, 3.8) is 0 Å². The number of para-hydroxylation sites is 1. The van der Waals surface area contributed by atoms with Crippen LogP contribution in [-0.2, 0) is 17.8 Å². The number of benzene rings is 2. The van der Waals surface area contributed by atoms with Gasteiger partial charge in [0, 0.05) is 17.1 Å². The summed E-state index contributed by atoms with van der Waals surface area (Å²) in [6.45, 7) is 6.69. The highest BCUT2D eigenvalue weighted by atomic mass is 32.2. The predicted molar refractivity (Wildman–Crippen MR) is 143 cm³/mol. The van der Waals surface area contributed by atoms with E-state index in [9.17, 15) is 4.79 Å². The maximum atomic E-state index is 13.5. The van der Waals surface area contributed by atoms with Crippen LogP contribution >= 0.6 is 11.8 Å². The fourth-order valence-electron chi connectivity index (χ4n) is 4.26. The average molecular weight is 482 g/mol. The summed E-state index contributed by atoms with van der Waals surface area (Å²) >= 11 is 1.40. The van der Waals surface area contributed by atoms with Crippen LogP contribution in [0.25, 0.3) is 11.8 Å². The van der Waals surface area contributed by atoms with Crippen molar-refractivity contribution < 1.29 is 9.21 Å². The van der Waals surface area contributed by atoms with Crippen LogP contribution in [0.3, 0.4) is 0 Å². The summed E-state index contributed by atoms with van der Waals surface area (Å²) in [5.41, 5.74) is 6.49. The lowest BCUT2D eigenvalue weighted by atomic mass is 10.1. The first-order chi connectivity index (χ1) is 17.0. The average Bonchev–Trinajstić information content (AvgIpc) is 3.56. The number of carbonyl (C=O) groups excluding carboxylic acids is 1. The van der Waals surface area contributed by atoms with E-state index >= 15 is 0 Å². The third-order valence-corrected chi connectivity index (χ3v) is 7.13. The van der Waals surface area contributed by atoms with Crippen molar-refractivity contribution in [2.75, 3.05) is 0 Å². The number of amides is 1. The Balaban J connectivity index is 1.50. The normalized spacial score (nSPS) is 16.1. The van der Waals surface area contributed by atoms with Crippen molar-refractivity contribution in [2.24, 2.45) is 4.99 Å². The third-order valence-electron chi connectivity index (χ3n) is 6.12. The molecule has 0 N–H and O–H groups in total. The van der Waals surface area contributed by atoms with E-state index in [0.29, 0.717) is 16.6 Å². The van der Waals surface area contributed by atoms with Crippen LogP contribution < -0.4 is 0 Å². The molecule has 0 spiro atoms. The van der Waals surface area contributed by atoms with Crippen LogP contribution in [0.5, 0.6) is 0 Å². The van der Waals surface area contributed by atoms with Gasteiger partial charge in [0.1, 0.15) is 5.76 Å². The molecular weight excluding hydrogens is 454 g/mol. The molecule has 1 amide bonds. The van der Waals surface area contributed by atoms with Crippen molar-refractivity contribution in [3.8, 4) is 5.69 Å². The lowest BCUT2D eigenvalue weighted by Crippen LogP contribution is -2.28. The number of hydrogen-bond donors (Lipinski definition) is 0. The number of aliphatic imine (C=N–C) groups is 1. The maximum absolute atomic E-state index is 13.5. The van der Waals surface area contributed by atoms with Gasteiger partial charge in [-0.2, -0.15) is 0 Å². The Morgan fingerprint density at radius 2 is 1.77 bits per heavy atom. The minimum absolute atomic E-state index is 0.0711. The highest BCUT2D eigenvalue weighted by molar-refractivity contribution is 8.18. The highest BCUT2D eigenvalue weighted by Crippen LogP contribution is 2.36. The molecule has 0 aliphatic carbocycles. The first kappa shape index (κ1) is 23.0. The molecule has 35 heavy (non-hydrogen) atoms. The maximum Gasteiger partial charge on any atom is 0.267 e. The number of nitrogens with zero attached hydrogens (tertiary/aromatic N) is 3.